The second-order valence-corrected chi connectivity index (χ2v) is 4.68. The van der Waals surface area contributed by atoms with E-state index < -0.39 is 0 Å². The molecule has 0 saturated heterocycles. The van der Waals surface area contributed by atoms with Gasteiger partial charge in [-0.25, -0.2) is 9.37 Å². The summed E-state index contributed by atoms with van der Waals surface area (Å²) in [5.41, 5.74) is 0.699. The maximum Gasteiger partial charge on any atom is 0.224 e. The molecule has 0 amide bonds. The average molecular weight is 288 g/mol. The van der Waals surface area contributed by atoms with Gasteiger partial charge in [0.05, 0.1) is 0 Å². The predicted octanol–water partition coefficient (Wildman–Crippen LogP) is 3.12. The Hall–Kier alpha value is -2.17. The molecule has 0 saturated carbocycles. The van der Waals surface area contributed by atoms with Crippen molar-refractivity contribution in [2.75, 3.05) is 29.9 Å². The molecule has 4 nitrogen and oxygen atoms in total. The van der Waals surface area contributed by atoms with Crippen LogP contribution in [0.5, 0.6) is 0 Å². The first-order chi connectivity index (χ1) is 10.2. The zero-order valence-electron chi connectivity index (χ0n) is 12.5. The van der Waals surface area contributed by atoms with E-state index >= 15 is 0 Å². The fourth-order valence-electron chi connectivity index (χ4n) is 2.17. The number of rotatable bonds is 7. The number of hydrogen-bond donors (Lipinski definition) is 1. The quantitative estimate of drug-likeness (QED) is 0.850. The largest absolute Gasteiger partial charge is 0.357 e. The van der Waals surface area contributed by atoms with Crippen LogP contribution in [0.25, 0.3) is 0 Å². The lowest BCUT2D eigenvalue weighted by atomic mass is 10.1. The summed E-state index contributed by atoms with van der Waals surface area (Å²) in [6.45, 7) is 6.60. The molecule has 1 heterocycles. The maximum atomic E-state index is 13.5. The Labute approximate surface area is 125 Å². The third-order valence-electron chi connectivity index (χ3n) is 3.36. The van der Waals surface area contributed by atoms with Gasteiger partial charge in [0.2, 0.25) is 5.95 Å². The summed E-state index contributed by atoms with van der Waals surface area (Å²) in [4.78, 5) is 10.8. The molecule has 0 radical (unpaired) electrons. The first-order valence-electron chi connectivity index (χ1n) is 7.29. The number of nitrogens with one attached hydrogen (secondary N) is 1. The lowest BCUT2D eigenvalue weighted by Gasteiger charge is -2.19. The normalized spacial score (nSPS) is 10.4. The fraction of sp³-hybridized carbons (Fsp3) is 0.375. The van der Waals surface area contributed by atoms with Crippen LogP contribution in [0.3, 0.4) is 0 Å². The minimum absolute atomic E-state index is 0.169. The van der Waals surface area contributed by atoms with Crippen LogP contribution in [0.4, 0.5) is 16.2 Å². The third kappa shape index (κ3) is 4.15. The molecule has 1 aromatic carbocycles. The van der Waals surface area contributed by atoms with Crippen molar-refractivity contribution in [3.8, 4) is 0 Å². The van der Waals surface area contributed by atoms with Crippen LogP contribution in [0, 0.1) is 5.82 Å². The Morgan fingerprint density at radius 1 is 1.14 bits per heavy atom. The number of anilines is 2. The maximum absolute atomic E-state index is 13.5. The minimum atomic E-state index is -0.169. The highest BCUT2D eigenvalue weighted by Crippen LogP contribution is 2.12. The van der Waals surface area contributed by atoms with Crippen molar-refractivity contribution in [3.63, 3.8) is 0 Å². The Bertz CT molecular complexity index is 570. The van der Waals surface area contributed by atoms with E-state index in [0.717, 1.165) is 18.9 Å². The summed E-state index contributed by atoms with van der Waals surface area (Å²) in [6, 6.07) is 8.71. The molecule has 1 aromatic heterocycles. The van der Waals surface area contributed by atoms with Crippen molar-refractivity contribution in [3.05, 3.63) is 47.9 Å². The summed E-state index contributed by atoms with van der Waals surface area (Å²) in [5.74, 6) is 1.32. The molecule has 21 heavy (non-hydrogen) atoms. The van der Waals surface area contributed by atoms with Crippen molar-refractivity contribution < 1.29 is 4.39 Å². The lowest BCUT2D eigenvalue weighted by molar-refractivity contribution is 0.610. The van der Waals surface area contributed by atoms with Gasteiger partial charge in [0.15, 0.2) is 0 Å². The Balaban J connectivity index is 1.94. The van der Waals surface area contributed by atoms with Gasteiger partial charge >= 0.3 is 0 Å². The Kier molecular flexibility index (Phi) is 5.49. The van der Waals surface area contributed by atoms with Gasteiger partial charge in [-0.1, -0.05) is 18.2 Å². The number of aromatic nitrogens is 2. The highest BCUT2D eigenvalue weighted by molar-refractivity contribution is 5.42. The van der Waals surface area contributed by atoms with Gasteiger partial charge in [0.25, 0.3) is 0 Å². The highest BCUT2D eigenvalue weighted by Gasteiger charge is 2.05. The van der Waals surface area contributed by atoms with E-state index in [4.69, 9.17) is 0 Å². The fourth-order valence-corrected chi connectivity index (χ4v) is 2.17. The molecule has 0 unspecified atom stereocenters. The standard InChI is InChI=1S/C16H21FN4/c1-3-21(4-2)15-10-12-19-16(20-15)18-11-9-13-7-5-6-8-14(13)17/h5-8,10,12H,3-4,9,11H2,1-2H3,(H,18,19,20). The topological polar surface area (TPSA) is 41.1 Å². The molecule has 0 aliphatic heterocycles. The summed E-state index contributed by atoms with van der Waals surface area (Å²) in [5, 5.41) is 3.15. The van der Waals surface area contributed by atoms with Gasteiger partial charge in [0, 0.05) is 25.8 Å². The van der Waals surface area contributed by atoms with Crippen molar-refractivity contribution >= 4 is 11.8 Å². The Morgan fingerprint density at radius 3 is 2.62 bits per heavy atom. The second-order valence-electron chi connectivity index (χ2n) is 4.68. The molecule has 5 heteroatoms. The van der Waals surface area contributed by atoms with Gasteiger partial charge in [-0.3, -0.25) is 0 Å². The van der Waals surface area contributed by atoms with E-state index in [0.29, 0.717) is 24.5 Å². The number of hydrogen-bond acceptors (Lipinski definition) is 4. The van der Waals surface area contributed by atoms with Crippen molar-refractivity contribution in [2.24, 2.45) is 0 Å². The minimum Gasteiger partial charge on any atom is -0.357 e. The first kappa shape index (κ1) is 15.2. The zero-order chi connectivity index (χ0) is 15.1. The number of nitrogens with zero attached hydrogens (tertiary/aromatic N) is 3. The number of halogens is 1. The van der Waals surface area contributed by atoms with E-state index in [1.54, 1.807) is 18.3 Å². The van der Waals surface area contributed by atoms with Gasteiger partial charge in [-0.2, -0.15) is 4.98 Å². The van der Waals surface area contributed by atoms with Gasteiger partial charge < -0.3 is 10.2 Å². The lowest BCUT2D eigenvalue weighted by Crippen LogP contribution is -2.23. The monoisotopic (exact) mass is 288 g/mol. The van der Waals surface area contributed by atoms with Crippen LogP contribution in [0.1, 0.15) is 19.4 Å². The van der Waals surface area contributed by atoms with E-state index in [1.165, 1.54) is 6.07 Å². The second kappa shape index (κ2) is 7.57. The van der Waals surface area contributed by atoms with Crippen LogP contribution < -0.4 is 10.2 Å². The molecule has 1 N–H and O–H groups in total. The van der Waals surface area contributed by atoms with E-state index in [1.807, 2.05) is 12.1 Å². The molecule has 0 aliphatic rings. The molecule has 0 aliphatic carbocycles. The summed E-state index contributed by atoms with van der Waals surface area (Å²) in [6.07, 6.45) is 2.34. The molecule has 0 fully saturated rings. The Morgan fingerprint density at radius 2 is 1.90 bits per heavy atom. The van der Waals surface area contributed by atoms with E-state index in [9.17, 15) is 4.39 Å². The number of benzene rings is 1. The third-order valence-corrected chi connectivity index (χ3v) is 3.36. The van der Waals surface area contributed by atoms with Crippen LogP contribution in [-0.4, -0.2) is 29.6 Å². The van der Waals surface area contributed by atoms with E-state index in [-0.39, 0.29) is 5.82 Å². The van der Waals surface area contributed by atoms with Gasteiger partial charge in [0.1, 0.15) is 11.6 Å². The molecular formula is C16H21FN4. The van der Waals surface area contributed by atoms with Crippen LogP contribution in [0.15, 0.2) is 36.5 Å². The van der Waals surface area contributed by atoms with Crippen molar-refractivity contribution in [2.45, 2.75) is 20.3 Å². The average Bonchev–Trinajstić information content (AvgIpc) is 2.51. The molecular weight excluding hydrogens is 267 g/mol. The van der Waals surface area contributed by atoms with E-state index in [2.05, 4.69) is 34.0 Å². The summed E-state index contributed by atoms with van der Waals surface area (Å²) >= 11 is 0. The first-order valence-corrected chi connectivity index (χ1v) is 7.29. The SMILES string of the molecule is CCN(CC)c1ccnc(NCCc2ccccc2F)n1. The predicted molar refractivity (Wildman–Crippen MR) is 84.2 cm³/mol. The molecule has 2 aromatic rings. The molecule has 112 valence electrons. The molecule has 2 rings (SSSR count). The highest BCUT2D eigenvalue weighted by atomic mass is 19.1. The molecule has 0 bridgehead atoms. The van der Waals surface area contributed by atoms with Gasteiger partial charge in [-0.05, 0) is 38.0 Å². The summed E-state index contributed by atoms with van der Waals surface area (Å²) < 4.78 is 13.5. The van der Waals surface area contributed by atoms with Gasteiger partial charge in [-0.15, -0.1) is 0 Å². The van der Waals surface area contributed by atoms with Crippen LogP contribution >= 0.6 is 0 Å². The molecule has 0 spiro atoms. The van der Waals surface area contributed by atoms with Crippen LogP contribution in [0.2, 0.25) is 0 Å². The van der Waals surface area contributed by atoms with Crippen molar-refractivity contribution in [1.82, 2.24) is 9.97 Å². The van der Waals surface area contributed by atoms with Crippen LogP contribution in [-0.2, 0) is 6.42 Å². The zero-order valence-corrected chi connectivity index (χ0v) is 12.5. The smallest absolute Gasteiger partial charge is 0.224 e. The summed E-state index contributed by atoms with van der Waals surface area (Å²) in [7, 11) is 0. The van der Waals surface area contributed by atoms with Crippen molar-refractivity contribution in [1.29, 1.82) is 0 Å². The molecule has 0 atom stereocenters.